The van der Waals surface area contributed by atoms with E-state index < -0.39 is 19.1 Å². The largest absolute Gasteiger partial charge is 0.507 e. The van der Waals surface area contributed by atoms with Crippen molar-refractivity contribution in [3.05, 3.63) is 167 Å². The smallest absolute Gasteiger partial charge is 0.149 e. The number of aromatic hydroxyl groups is 1. The van der Waals surface area contributed by atoms with E-state index in [1.807, 2.05) is 89.5 Å². The molecule has 8 rings (SSSR count). The van der Waals surface area contributed by atoms with Crippen molar-refractivity contribution in [3.8, 4) is 67.5 Å². The lowest BCUT2D eigenvalue weighted by atomic mass is 9.79. The van der Waals surface area contributed by atoms with E-state index in [0.29, 0.717) is 28.2 Å². The predicted molar refractivity (Wildman–Crippen MR) is 253 cm³/mol. The van der Waals surface area contributed by atoms with E-state index in [1.165, 1.54) is 0 Å². The Morgan fingerprint density at radius 1 is 0.533 bits per heavy atom. The second-order valence-electron chi connectivity index (χ2n) is 19.0. The highest BCUT2D eigenvalue weighted by atomic mass is 16.3. The molecule has 0 bridgehead atoms. The summed E-state index contributed by atoms with van der Waals surface area (Å²) < 4.78 is 51.7. The summed E-state index contributed by atoms with van der Waals surface area (Å²) in [5.74, 6) is 0.614. The number of phenolic OH excluding ortho intramolecular Hbond substituents is 1. The van der Waals surface area contributed by atoms with Crippen molar-refractivity contribution in [2.24, 2.45) is 0 Å². The summed E-state index contributed by atoms with van der Waals surface area (Å²) in [6.07, 6.45) is 1.78. The maximum Gasteiger partial charge on any atom is 0.149 e. The van der Waals surface area contributed by atoms with E-state index in [0.717, 1.165) is 61.3 Å². The summed E-state index contributed by atoms with van der Waals surface area (Å²) in [5.41, 5.74) is 11.7. The Bertz CT molecular complexity index is 3110. The molecule has 4 heteroatoms. The molecule has 0 amide bonds. The van der Waals surface area contributed by atoms with Gasteiger partial charge in [0, 0.05) is 36.8 Å². The lowest BCUT2D eigenvalue weighted by Gasteiger charge is -2.27. The van der Waals surface area contributed by atoms with Crippen LogP contribution in [0.4, 0.5) is 0 Å². The summed E-state index contributed by atoms with van der Waals surface area (Å²) >= 11 is 0. The first-order valence-electron chi connectivity index (χ1n) is 23.6. The molecule has 0 aliphatic rings. The first kappa shape index (κ1) is 33.6. The van der Waals surface area contributed by atoms with Crippen LogP contribution in [0.15, 0.2) is 140 Å². The number of para-hydroxylation sites is 1. The third kappa shape index (κ3) is 7.79. The minimum absolute atomic E-state index is 0.126. The number of rotatable bonds is 6. The Morgan fingerprint density at radius 2 is 1.25 bits per heavy atom. The Labute approximate surface area is 365 Å². The van der Waals surface area contributed by atoms with Crippen LogP contribution in [-0.4, -0.2) is 19.6 Å². The van der Waals surface area contributed by atoms with Gasteiger partial charge in [-0.05, 0) is 123 Å². The fourth-order valence-corrected chi connectivity index (χ4v) is 7.92. The first-order chi connectivity index (χ1) is 30.8. The molecule has 302 valence electrons. The van der Waals surface area contributed by atoms with Crippen molar-refractivity contribution < 1.29 is 13.3 Å². The van der Waals surface area contributed by atoms with E-state index in [2.05, 4.69) is 92.6 Å². The van der Waals surface area contributed by atoms with Gasteiger partial charge in [-0.3, -0.25) is 9.55 Å². The number of pyridine rings is 1. The van der Waals surface area contributed by atoms with Crippen LogP contribution in [0.3, 0.4) is 0 Å². The molecule has 60 heavy (non-hydrogen) atoms. The molecule has 0 radical (unpaired) electrons. The Kier molecular flexibility index (Phi) is 8.44. The number of benzene rings is 6. The Hall–Kier alpha value is -6.26. The molecule has 0 fully saturated rings. The lowest BCUT2D eigenvalue weighted by molar-refractivity contribution is 0.446. The van der Waals surface area contributed by atoms with Gasteiger partial charge in [-0.15, -0.1) is 0 Å². The van der Waals surface area contributed by atoms with Crippen LogP contribution in [0.25, 0.3) is 72.7 Å². The van der Waals surface area contributed by atoms with Crippen LogP contribution in [-0.2, 0) is 16.2 Å². The third-order valence-electron chi connectivity index (χ3n) is 11.4. The van der Waals surface area contributed by atoms with Crippen molar-refractivity contribution in [1.82, 2.24) is 14.5 Å². The molecule has 0 saturated heterocycles. The van der Waals surface area contributed by atoms with Crippen LogP contribution < -0.4 is 0 Å². The quantitative estimate of drug-likeness (QED) is 0.182. The predicted octanol–water partition coefficient (Wildman–Crippen LogP) is 15.0. The molecule has 0 saturated carbocycles. The summed E-state index contributed by atoms with van der Waals surface area (Å²) in [5, 5.41) is 12.4. The standard InChI is InChI=1S/C56H57N3O/c1-35-20-22-37(23-21-35)39-26-27-57-49(32-39)41-29-40(30-42(31-41)54(3,4)5)46-18-15-19-50-51(46)58-53(47-33-43(55(6,7)8)34-48(52(47)60)56(9,10)11)59(50)44-24-25-45(36(2)28-44)38-16-13-12-14-17-38/h12-34,60H,1-11H3/i1D3,2D3. The maximum absolute atomic E-state index is 12.4. The zero-order valence-corrected chi connectivity index (χ0v) is 36.1. The van der Waals surface area contributed by atoms with Gasteiger partial charge in [-0.1, -0.05) is 153 Å². The molecule has 4 nitrogen and oxygen atoms in total. The van der Waals surface area contributed by atoms with Gasteiger partial charge >= 0.3 is 0 Å². The second kappa shape index (κ2) is 15.1. The Balaban J connectivity index is 1.40. The van der Waals surface area contributed by atoms with Gasteiger partial charge in [0.1, 0.15) is 11.6 Å². The molecular weight excluding hydrogens is 731 g/mol. The monoisotopic (exact) mass is 793 g/mol. The molecule has 0 aliphatic carbocycles. The van der Waals surface area contributed by atoms with Gasteiger partial charge in [0.15, 0.2) is 0 Å². The molecule has 0 aliphatic heterocycles. The van der Waals surface area contributed by atoms with Crippen LogP contribution in [0, 0.1) is 13.7 Å². The highest BCUT2D eigenvalue weighted by molar-refractivity contribution is 5.97. The first-order valence-corrected chi connectivity index (χ1v) is 20.6. The van der Waals surface area contributed by atoms with Crippen LogP contribution >= 0.6 is 0 Å². The van der Waals surface area contributed by atoms with Gasteiger partial charge in [0.2, 0.25) is 0 Å². The van der Waals surface area contributed by atoms with E-state index >= 15 is 0 Å². The normalized spacial score (nSPS) is 14.2. The van der Waals surface area contributed by atoms with Crippen molar-refractivity contribution in [1.29, 1.82) is 0 Å². The lowest BCUT2D eigenvalue weighted by Crippen LogP contribution is -2.17. The van der Waals surface area contributed by atoms with E-state index in [-0.39, 0.29) is 27.7 Å². The van der Waals surface area contributed by atoms with Gasteiger partial charge < -0.3 is 5.11 Å². The number of imidazole rings is 1. The fourth-order valence-electron chi connectivity index (χ4n) is 7.92. The Morgan fingerprint density at radius 3 is 1.93 bits per heavy atom. The van der Waals surface area contributed by atoms with E-state index in [9.17, 15) is 5.11 Å². The molecule has 2 aromatic heterocycles. The molecule has 0 unspecified atom stereocenters. The number of phenols is 1. The number of hydrogen-bond acceptors (Lipinski definition) is 3. The minimum atomic E-state index is -2.44. The van der Waals surface area contributed by atoms with Gasteiger partial charge in [-0.25, -0.2) is 4.98 Å². The molecule has 0 spiro atoms. The highest BCUT2D eigenvalue weighted by Gasteiger charge is 2.29. The van der Waals surface area contributed by atoms with Crippen LogP contribution in [0.1, 0.15) is 98.4 Å². The number of fused-ring (bicyclic) bond motifs is 1. The highest BCUT2D eigenvalue weighted by Crippen LogP contribution is 2.45. The number of nitrogens with zero attached hydrogens (tertiary/aromatic N) is 3. The van der Waals surface area contributed by atoms with Crippen molar-refractivity contribution >= 4 is 11.0 Å². The topological polar surface area (TPSA) is 50.9 Å². The molecule has 1 N–H and O–H groups in total. The maximum atomic E-state index is 12.4. The zero-order valence-electron chi connectivity index (χ0n) is 42.1. The SMILES string of the molecule is [2H]C([2H])([2H])c1ccc(-c2ccnc(-c3cc(-c4cccc5c4nc(-c4cc(C(C)(C)C)cc(C(C)(C)C)c4O)n5-c4ccc(-c5ccccc5)c(C([2H])([2H])[2H])c4)cc(C(C)(C)C)c3)c2)cc1. The fraction of sp³-hybridized carbons (Fsp3) is 0.250. The molecule has 2 heterocycles. The number of aromatic nitrogens is 3. The average Bonchev–Trinajstić information content (AvgIpc) is 3.64. The molecule has 8 aromatic rings. The van der Waals surface area contributed by atoms with Crippen LogP contribution in [0.2, 0.25) is 0 Å². The minimum Gasteiger partial charge on any atom is -0.507 e. The molecular formula is C56H57N3O. The van der Waals surface area contributed by atoms with Crippen molar-refractivity contribution in [3.63, 3.8) is 0 Å². The van der Waals surface area contributed by atoms with Crippen LogP contribution in [0.5, 0.6) is 5.75 Å². The number of aryl methyl sites for hydroxylation is 2. The van der Waals surface area contributed by atoms with E-state index in [4.69, 9.17) is 18.2 Å². The average molecular weight is 794 g/mol. The van der Waals surface area contributed by atoms with Gasteiger partial charge in [0.05, 0.1) is 22.3 Å². The summed E-state index contributed by atoms with van der Waals surface area (Å²) in [4.78, 5) is 10.3. The second-order valence-corrected chi connectivity index (χ2v) is 19.0. The van der Waals surface area contributed by atoms with Crippen molar-refractivity contribution in [2.45, 2.75) is 92.3 Å². The molecule has 6 aromatic carbocycles. The van der Waals surface area contributed by atoms with Gasteiger partial charge in [0.25, 0.3) is 0 Å². The van der Waals surface area contributed by atoms with Gasteiger partial charge in [-0.2, -0.15) is 0 Å². The molecule has 0 atom stereocenters. The van der Waals surface area contributed by atoms with E-state index in [1.54, 1.807) is 24.4 Å². The number of hydrogen-bond donors (Lipinski definition) is 1. The summed E-state index contributed by atoms with van der Waals surface area (Å²) in [6, 6.07) is 42.7. The third-order valence-corrected chi connectivity index (χ3v) is 11.4. The summed E-state index contributed by atoms with van der Waals surface area (Å²) in [6.45, 7) is 14.6. The zero-order chi connectivity index (χ0) is 47.7. The summed E-state index contributed by atoms with van der Waals surface area (Å²) in [7, 11) is 0. The van der Waals surface area contributed by atoms with Crippen molar-refractivity contribution in [2.75, 3.05) is 0 Å².